The average Bonchev–Trinajstić information content (AvgIpc) is 3.08. The van der Waals surface area contributed by atoms with Crippen molar-refractivity contribution in [2.75, 3.05) is 19.7 Å². The summed E-state index contributed by atoms with van der Waals surface area (Å²) in [6, 6.07) is 8.48. The van der Waals surface area contributed by atoms with E-state index in [2.05, 4.69) is 4.98 Å². The van der Waals surface area contributed by atoms with Gasteiger partial charge in [-0.3, -0.25) is 14.2 Å². The van der Waals surface area contributed by atoms with E-state index in [1.54, 1.807) is 41.5 Å². The van der Waals surface area contributed by atoms with Crippen LogP contribution >= 0.6 is 0 Å². The Kier molecular flexibility index (Phi) is 5.71. The second-order valence-corrected chi connectivity index (χ2v) is 7.61. The molecule has 1 aromatic heterocycles. The first-order valence-electron chi connectivity index (χ1n) is 10.3. The van der Waals surface area contributed by atoms with Crippen molar-refractivity contribution < 1.29 is 23.1 Å². The van der Waals surface area contributed by atoms with Gasteiger partial charge in [0.1, 0.15) is 17.5 Å². The molecule has 2 heterocycles. The molecule has 0 aliphatic carbocycles. The van der Waals surface area contributed by atoms with Crippen molar-refractivity contribution in [1.82, 2.24) is 14.5 Å². The summed E-state index contributed by atoms with van der Waals surface area (Å²) in [4.78, 5) is 31.1. The van der Waals surface area contributed by atoms with Crippen LogP contribution < -0.4 is 0 Å². The lowest BCUT2D eigenvalue weighted by molar-refractivity contribution is -0.149. The van der Waals surface area contributed by atoms with Crippen molar-refractivity contribution in [2.24, 2.45) is 5.92 Å². The molecule has 0 saturated carbocycles. The van der Waals surface area contributed by atoms with E-state index in [1.807, 2.05) is 0 Å². The summed E-state index contributed by atoms with van der Waals surface area (Å²) in [5.41, 5.74) is 1.85. The predicted molar refractivity (Wildman–Crippen MR) is 111 cm³/mol. The molecule has 6 nitrogen and oxygen atoms in total. The summed E-state index contributed by atoms with van der Waals surface area (Å²) < 4.78 is 34.3. The molecule has 4 rings (SSSR count). The van der Waals surface area contributed by atoms with Gasteiger partial charge in [0.05, 0.1) is 29.2 Å². The number of hydrogen-bond acceptors (Lipinski definition) is 4. The molecule has 0 unspecified atom stereocenters. The fraction of sp³-hybridized carbons (Fsp3) is 0.348. The molecule has 0 radical (unpaired) electrons. The summed E-state index contributed by atoms with van der Waals surface area (Å²) in [7, 11) is 0. The summed E-state index contributed by atoms with van der Waals surface area (Å²) >= 11 is 0. The monoisotopic (exact) mass is 427 g/mol. The van der Waals surface area contributed by atoms with E-state index in [0.717, 1.165) is 6.07 Å². The summed E-state index contributed by atoms with van der Waals surface area (Å²) in [5.74, 6) is -1.32. The van der Waals surface area contributed by atoms with Crippen LogP contribution in [0, 0.1) is 24.5 Å². The number of halogens is 2. The Morgan fingerprint density at radius 3 is 2.55 bits per heavy atom. The van der Waals surface area contributed by atoms with Crippen molar-refractivity contribution in [3.8, 4) is 5.69 Å². The van der Waals surface area contributed by atoms with Gasteiger partial charge >= 0.3 is 5.97 Å². The Hall–Kier alpha value is -3.29. The normalized spacial score (nSPS) is 14.8. The highest BCUT2D eigenvalue weighted by Crippen LogP contribution is 2.26. The van der Waals surface area contributed by atoms with Crippen LogP contribution in [0.25, 0.3) is 16.7 Å². The van der Waals surface area contributed by atoms with Gasteiger partial charge < -0.3 is 9.64 Å². The first-order chi connectivity index (χ1) is 14.9. The van der Waals surface area contributed by atoms with E-state index in [4.69, 9.17) is 4.74 Å². The maximum absolute atomic E-state index is 14.3. The van der Waals surface area contributed by atoms with Gasteiger partial charge in [0.2, 0.25) is 0 Å². The topological polar surface area (TPSA) is 64.4 Å². The lowest BCUT2D eigenvalue weighted by Crippen LogP contribution is -2.40. The fourth-order valence-electron chi connectivity index (χ4n) is 4.06. The number of imidazole rings is 1. The van der Waals surface area contributed by atoms with Crippen LogP contribution in [0.15, 0.2) is 36.4 Å². The van der Waals surface area contributed by atoms with Crippen LogP contribution in [0.4, 0.5) is 8.78 Å². The van der Waals surface area contributed by atoms with Crippen molar-refractivity contribution in [3.05, 3.63) is 59.4 Å². The van der Waals surface area contributed by atoms with E-state index in [9.17, 15) is 18.4 Å². The number of hydrogen-bond donors (Lipinski definition) is 0. The Morgan fingerprint density at radius 1 is 1.13 bits per heavy atom. The van der Waals surface area contributed by atoms with E-state index < -0.39 is 11.6 Å². The number of rotatable bonds is 4. The number of likely N-dealkylation sites (tertiary alicyclic amines) is 1. The minimum Gasteiger partial charge on any atom is -0.466 e. The lowest BCUT2D eigenvalue weighted by Gasteiger charge is -2.31. The third-order valence-corrected chi connectivity index (χ3v) is 5.62. The van der Waals surface area contributed by atoms with Crippen molar-refractivity contribution >= 4 is 22.9 Å². The number of benzene rings is 2. The SMILES string of the molecule is CCOC(=O)C1CCN(C(=O)c2ccc3c(c2)nc(C)n3-c2ccc(F)cc2F)CC1. The number of piperidine rings is 1. The highest BCUT2D eigenvalue weighted by Gasteiger charge is 2.29. The minimum absolute atomic E-state index is 0.135. The van der Waals surface area contributed by atoms with Gasteiger partial charge in [-0.05, 0) is 57.0 Å². The molecule has 0 atom stereocenters. The van der Waals surface area contributed by atoms with Gasteiger partial charge in [0, 0.05) is 24.7 Å². The molecule has 1 aliphatic heterocycles. The highest BCUT2D eigenvalue weighted by molar-refractivity contribution is 5.97. The van der Waals surface area contributed by atoms with Gasteiger partial charge in [-0.1, -0.05) is 0 Å². The largest absolute Gasteiger partial charge is 0.466 e. The second-order valence-electron chi connectivity index (χ2n) is 7.61. The number of amides is 1. The zero-order chi connectivity index (χ0) is 22.1. The molecule has 0 bridgehead atoms. The number of carbonyl (C=O) groups is 2. The molecule has 1 aliphatic rings. The van der Waals surface area contributed by atoms with Gasteiger partial charge in [-0.2, -0.15) is 0 Å². The number of aromatic nitrogens is 2. The van der Waals surface area contributed by atoms with E-state index in [0.29, 0.717) is 55.0 Å². The highest BCUT2D eigenvalue weighted by atomic mass is 19.1. The van der Waals surface area contributed by atoms with Crippen molar-refractivity contribution in [1.29, 1.82) is 0 Å². The number of ether oxygens (including phenoxy) is 1. The molecule has 2 aromatic carbocycles. The van der Waals surface area contributed by atoms with Crippen LogP contribution in [0.1, 0.15) is 35.9 Å². The number of carbonyl (C=O) groups excluding carboxylic acids is 2. The quantitative estimate of drug-likeness (QED) is 0.590. The third kappa shape index (κ3) is 4.02. The summed E-state index contributed by atoms with van der Waals surface area (Å²) in [5, 5.41) is 0. The number of nitrogens with zero attached hydrogens (tertiary/aromatic N) is 3. The molecule has 1 amide bonds. The third-order valence-electron chi connectivity index (χ3n) is 5.62. The molecule has 1 fully saturated rings. The molecular formula is C23H23F2N3O3. The van der Waals surface area contributed by atoms with Crippen LogP contribution in [-0.2, 0) is 9.53 Å². The van der Waals surface area contributed by atoms with Crippen molar-refractivity contribution in [3.63, 3.8) is 0 Å². The summed E-state index contributed by atoms with van der Waals surface area (Å²) in [6.07, 6.45) is 1.15. The van der Waals surface area contributed by atoms with Crippen LogP contribution in [0.5, 0.6) is 0 Å². The average molecular weight is 427 g/mol. The lowest BCUT2D eigenvalue weighted by atomic mass is 9.96. The smallest absolute Gasteiger partial charge is 0.309 e. The van der Waals surface area contributed by atoms with E-state index >= 15 is 0 Å². The standard InChI is InChI=1S/C23H23F2N3O3/c1-3-31-23(30)15-8-10-27(11-9-15)22(29)16-4-6-21-19(12-16)26-14(2)28(21)20-7-5-17(24)13-18(20)25/h4-7,12-13,15H,3,8-11H2,1-2H3. The van der Waals surface area contributed by atoms with Crippen LogP contribution in [0.2, 0.25) is 0 Å². The van der Waals surface area contributed by atoms with Crippen LogP contribution in [-0.4, -0.2) is 46.0 Å². The zero-order valence-corrected chi connectivity index (χ0v) is 17.4. The Bertz CT molecular complexity index is 1150. The number of esters is 1. The van der Waals surface area contributed by atoms with Gasteiger partial charge in [-0.25, -0.2) is 13.8 Å². The number of aryl methyl sites for hydroxylation is 1. The fourth-order valence-corrected chi connectivity index (χ4v) is 4.06. The molecule has 0 spiro atoms. The van der Waals surface area contributed by atoms with Crippen LogP contribution in [0.3, 0.4) is 0 Å². The molecule has 3 aromatic rings. The van der Waals surface area contributed by atoms with Gasteiger partial charge in [0.15, 0.2) is 0 Å². The second kappa shape index (κ2) is 8.45. The Labute approximate surface area is 178 Å². The van der Waals surface area contributed by atoms with E-state index in [-0.39, 0.29) is 23.5 Å². The molecule has 8 heteroatoms. The Balaban J connectivity index is 1.57. The maximum atomic E-state index is 14.3. The van der Waals surface area contributed by atoms with E-state index in [1.165, 1.54) is 12.1 Å². The maximum Gasteiger partial charge on any atom is 0.309 e. The first kappa shape index (κ1) is 21.0. The zero-order valence-electron chi connectivity index (χ0n) is 17.4. The number of fused-ring (bicyclic) bond motifs is 1. The first-order valence-corrected chi connectivity index (χ1v) is 10.3. The molecule has 1 saturated heterocycles. The Morgan fingerprint density at radius 2 is 1.87 bits per heavy atom. The molecule has 31 heavy (non-hydrogen) atoms. The molecule has 162 valence electrons. The van der Waals surface area contributed by atoms with Crippen molar-refractivity contribution in [2.45, 2.75) is 26.7 Å². The van der Waals surface area contributed by atoms with Gasteiger partial charge in [0.25, 0.3) is 5.91 Å². The summed E-state index contributed by atoms with van der Waals surface area (Å²) in [6.45, 7) is 4.82. The predicted octanol–water partition coefficient (Wildman–Crippen LogP) is 4.03. The minimum atomic E-state index is -0.688. The molecular weight excluding hydrogens is 404 g/mol. The van der Waals surface area contributed by atoms with Gasteiger partial charge in [-0.15, -0.1) is 0 Å². The molecule has 0 N–H and O–H groups in total.